The number of hydrogen-bond acceptors (Lipinski definition) is 2. The summed E-state index contributed by atoms with van der Waals surface area (Å²) in [5, 5.41) is 11.3. The maximum atomic E-state index is 5.33. The third-order valence-electron chi connectivity index (χ3n) is 3.80. The van der Waals surface area contributed by atoms with Crippen molar-refractivity contribution >= 4 is 38.9 Å². The van der Waals surface area contributed by atoms with Gasteiger partial charge in [-0.2, -0.15) is 5.10 Å². The van der Waals surface area contributed by atoms with Gasteiger partial charge >= 0.3 is 0 Å². The van der Waals surface area contributed by atoms with Crippen LogP contribution in [0.5, 0.6) is 0 Å². The number of thiocarbonyl (C=S) groups is 1. The Hall–Kier alpha value is -1.40. The molecule has 0 saturated carbocycles. The van der Waals surface area contributed by atoms with E-state index < -0.39 is 0 Å². The Morgan fingerprint density at radius 3 is 2.70 bits per heavy atom. The summed E-state index contributed by atoms with van der Waals surface area (Å²) in [5.41, 5.74) is 2.38. The molecule has 0 fully saturated rings. The number of rotatable bonds is 7. The average molecular weight is 395 g/mol. The van der Waals surface area contributed by atoms with Crippen molar-refractivity contribution in [2.45, 2.75) is 39.2 Å². The maximum absolute atomic E-state index is 5.33. The summed E-state index contributed by atoms with van der Waals surface area (Å²) >= 11 is 8.72. The lowest BCUT2D eigenvalue weighted by atomic mass is 9.99. The first-order valence-electron chi connectivity index (χ1n) is 7.91. The van der Waals surface area contributed by atoms with Crippen LogP contribution in [0.25, 0.3) is 0 Å². The first kappa shape index (κ1) is 17.9. The van der Waals surface area contributed by atoms with Crippen LogP contribution in [0.4, 0.5) is 5.69 Å². The highest BCUT2D eigenvalue weighted by Crippen LogP contribution is 2.20. The van der Waals surface area contributed by atoms with Crippen LogP contribution in [0.15, 0.2) is 41.1 Å². The first-order chi connectivity index (χ1) is 11.1. The minimum Gasteiger partial charge on any atom is -0.362 e. The second-order valence-corrected chi connectivity index (χ2v) is 6.91. The van der Waals surface area contributed by atoms with Crippen molar-refractivity contribution in [2.24, 2.45) is 0 Å². The molecule has 23 heavy (non-hydrogen) atoms. The SMILES string of the molecule is CCC(C)c1ccc(NC(=S)NCCCn2cc(Br)cn2)cc1. The van der Waals surface area contributed by atoms with Gasteiger partial charge in [-0.1, -0.05) is 26.0 Å². The van der Waals surface area contributed by atoms with E-state index in [0.29, 0.717) is 11.0 Å². The van der Waals surface area contributed by atoms with Gasteiger partial charge in [-0.3, -0.25) is 4.68 Å². The predicted molar refractivity (Wildman–Crippen MR) is 104 cm³/mol. The van der Waals surface area contributed by atoms with Gasteiger partial charge in [0.2, 0.25) is 0 Å². The zero-order chi connectivity index (χ0) is 16.7. The third-order valence-corrected chi connectivity index (χ3v) is 4.46. The molecule has 2 aromatic rings. The standard InChI is InChI=1S/C17H23BrN4S/c1-3-13(2)14-5-7-16(8-6-14)21-17(23)19-9-4-10-22-12-15(18)11-20-22/h5-8,11-13H,3-4,9-10H2,1-2H3,(H2,19,21,23). The lowest BCUT2D eigenvalue weighted by molar-refractivity contribution is 0.573. The fraction of sp³-hybridized carbons (Fsp3) is 0.412. The van der Waals surface area contributed by atoms with E-state index in [2.05, 4.69) is 69.8 Å². The van der Waals surface area contributed by atoms with Crippen LogP contribution in [-0.2, 0) is 6.54 Å². The minimum absolute atomic E-state index is 0.594. The van der Waals surface area contributed by atoms with Crippen LogP contribution in [0.3, 0.4) is 0 Å². The smallest absolute Gasteiger partial charge is 0.170 e. The van der Waals surface area contributed by atoms with Crippen LogP contribution in [-0.4, -0.2) is 21.4 Å². The van der Waals surface area contributed by atoms with Crippen molar-refractivity contribution in [1.29, 1.82) is 0 Å². The first-order valence-corrected chi connectivity index (χ1v) is 9.11. The molecular formula is C17H23BrN4S. The van der Waals surface area contributed by atoms with Gasteiger partial charge in [-0.05, 0) is 64.6 Å². The van der Waals surface area contributed by atoms with E-state index in [1.54, 1.807) is 6.20 Å². The van der Waals surface area contributed by atoms with Crippen LogP contribution in [0, 0.1) is 0 Å². The Morgan fingerprint density at radius 2 is 2.09 bits per heavy atom. The summed E-state index contributed by atoms with van der Waals surface area (Å²) in [4.78, 5) is 0. The average Bonchev–Trinajstić information content (AvgIpc) is 2.97. The van der Waals surface area contributed by atoms with E-state index in [0.717, 1.165) is 36.1 Å². The number of anilines is 1. The highest BCUT2D eigenvalue weighted by atomic mass is 79.9. The zero-order valence-electron chi connectivity index (χ0n) is 13.6. The number of benzene rings is 1. The van der Waals surface area contributed by atoms with Crippen molar-refractivity contribution in [2.75, 3.05) is 11.9 Å². The molecule has 1 aromatic carbocycles. The third kappa shape index (κ3) is 5.95. The number of aryl methyl sites for hydroxylation is 1. The lowest BCUT2D eigenvalue weighted by Gasteiger charge is -2.13. The van der Waals surface area contributed by atoms with Crippen LogP contribution in [0.2, 0.25) is 0 Å². The Kier molecular flexibility index (Phi) is 7.05. The molecule has 2 N–H and O–H groups in total. The zero-order valence-corrected chi connectivity index (χ0v) is 16.0. The number of hydrogen-bond donors (Lipinski definition) is 2. The summed E-state index contributed by atoms with van der Waals surface area (Å²) in [5.74, 6) is 0.594. The number of halogens is 1. The van der Waals surface area contributed by atoms with E-state index in [1.807, 2.05) is 10.9 Å². The predicted octanol–water partition coefficient (Wildman–Crippen LogP) is 4.54. The molecule has 1 aromatic heterocycles. The summed E-state index contributed by atoms with van der Waals surface area (Å²) in [7, 11) is 0. The molecule has 0 aliphatic rings. The largest absolute Gasteiger partial charge is 0.362 e. The summed E-state index contributed by atoms with van der Waals surface area (Å²) < 4.78 is 2.92. The Balaban J connectivity index is 1.70. The summed E-state index contributed by atoms with van der Waals surface area (Å²) in [6.07, 6.45) is 5.88. The molecule has 0 saturated heterocycles. The van der Waals surface area contributed by atoms with Gasteiger partial charge in [0.05, 0.1) is 10.7 Å². The highest BCUT2D eigenvalue weighted by Gasteiger charge is 2.03. The van der Waals surface area contributed by atoms with Crippen molar-refractivity contribution in [3.05, 3.63) is 46.7 Å². The van der Waals surface area contributed by atoms with Gasteiger partial charge in [-0.25, -0.2) is 0 Å². The molecule has 2 rings (SSSR count). The number of nitrogens with one attached hydrogen (secondary N) is 2. The van der Waals surface area contributed by atoms with Gasteiger partial charge < -0.3 is 10.6 Å². The van der Waals surface area contributed by atoms with E-state index in [4.69, 9.17) is 12.2 Å². The molecule has 1 unspecified atom stereocenters. The lowest BCUT2D eigenvalue weighted by Crippen LogP contribution is -2.29. The summed E-state index contributed by atoms with van der Waals surface area (Å²) in [6, 6.07) is 8.48. The molecule has 1 heterocycles. The van der Waals surface area contributed by atoms with E-state index >= 15 is 0 Å². The molecular weight excluding hydrogens is 372 g/mol. The molecule has 0 amide bonds. The molecule has 4 nitrogen and oxygen atoms in total. The second kappa shape index (κ2) is 9.03. The maximum Gasteiger partial charge on any atom is 0.170 e. The van der Waals surface area contributed by atoms with Gasteiger partial charge in [-0.15, -0.1) is 0 Å². The molecule has 0 radical (unpaired) electrons. The van der Waals surface area contributed by atoms with Gasteiger partial charge in [0.15, 0.2) is 5.11 Å². The Labute approximate surface area is 151 Å². The van der Waals surface area contributed by atoms with Crippen molar-refractivity contribution < 1.29 is 0 Å². The molecule has 0 aliphatic heterocycles. The van der Waals surface area contributed by atoms with Gasteiger partial charge in [0.1, 0.15) is 0 Å². The van der Waals surface area contributed by atoms with Gasteiger partial charge in [0, 0.05) is 25.0 Å². The molecule has 6 heteroatoms. The van der Waals surface area contributed by atoms with Crippen molar-refractivity contribution in [3.8, 4) is 0 Å². The summed E-state index contributed by atoms with van der Waals surface area (Å²) in [6.45, 7) is 6.13. The molecule has 0 spiro atoms. The Bertz CT molecular complexity index is 624. The molecule has 0 aliphatic carbocycles. The monoisotopic (exact) mass is 394 g/mol. The van der Waals surface area contributed by atoms with Gasteiger partial charge in [0.25, 0.3) is 0 Å². The van der Waals surface area contributed by atoms with Crippen molar-refractivity contribution in [3.63, 3.8) is 0 Å². The normalized spacial score (nSPS) is 12.0. The topological polar surface area (TPSA) is 41.9 Å². The molecule has 0 bridgehead atoms. The number of aromatic nitrogens is 2. The molecule has 124 valence electrons. The molecule has 1 atom stereocenters. The Morgan fingerprint density at radius 1 is 1.35 bits per heavy atom. The van der Waals surface area contributed by atoms with Crippen LogP contribution >= 0.6 is 28.1 Å². The van der Waals surface area contributed by atoms with E-state index in [1.165, 1.54) is 5.56 Å². The highest BCUT2D eigenvalue weighted by molar-refractivity contribution is 9.10. The van der Waals surface area contributed by atoms with Crippen molar-refractivity contribution in [1.82, 2.24) is 15.1 Å². The van der Waals surface area contributed by atoms with E-state index in [9.17, 15) is 0 Å². The number of nitrogens with zero attached hydrogens (tertiary/aromatic N) is 2. The quantitative estimate of drug-likeness (QED) is 0.534. The van der Waals surface area contributed by atoms with Crippen LogP contribution in [0.1, 0.15) is 38.2 Å². The fourth-order valence-corrected chi connectivity index (χ4v) is 2.76. The fourth-order valence-electron chi connectivity index (χ4n) is 2.21. The minimum atomic E-state index is 0.594. The van der Waals surface area contributed by atoms with Crippen LogP contribution < -0.4 is 10.6 Å². The van der Waals surface area contributed by atoms with E-state index in [-0.39, 0.29) is 0 Å². The second-order valence-electron chi connectivity index (χ2n) is 5.59.